The molecule has 2 rings (SSSR count). The summed E-state index contributed by atoms with van der Waals surface area (Å²) in [6.45, 7) is 7.62. The van der Waals surface area contributed by atoms with Crippen molar-refractivity contribution in [3.63, 3.8) is 0 Å². The molecule has 0 aliphatic carbocycles. The Morgan fingerprint density at radius 1 is 1.56 bits per heavy atom. The average molecular weight is 244 g/mol. The molecule has 1 atom stereocenters. The lowest BCUT2D eigenvalue weighted by Gasteiger charge is -2.11. The highest BCUT2D eigenvalue weighted by Gasteiger charge is 2.13. The number of aromatic nitrogens is 3. The minimum atomic E-state index is -0.0963. The average Bonchev–Trinajstić information content (AvgIpc) is 2.75. The minimum absolute atomic E-state index is 0.0285. The second-order valence-corrected chi connectivity index (χ2v) is 4.53. The van der Waals surface area contributed by atoms with E-state index < -0.39 is 0 Å². The van der Waals surface area contributed by atoms with Gasteiger partial charge in [0.05, 0.1) is 11.9 Å². The van der Waals surface area contributed by atoms with Gasteiger partial charge in [0.25, 0.3) is 0 Å². The normalized spacial score (nSPS) is 12.3. The van der Waals surface area contributed by atoms with Crippen molar-refractivity contribution in [3.8, 4) is 0 Å². The highest BCUT2D eigenvalue weighted by atomic mass is 16.1. The summed E-state index contributed by atoms with van der Waals surface area (Å²) in [5.74, 6) is 0.489. The number of imidazole rings is 1. The molecule has 0 aliphatic rings. The number of nitrogens with zero attached hydrogens (tertiary/aromatic N) is 3. The van der Waals surface area contributed by atoms with E-state index in [1.807, 2.05) is 13.8 Å². The molecule has 0 saturated heterocycles. The molecule has 0 aliphatic heterocycles. The number of hydrogen-bond donors (Lipinski definition) is 1. The number of amides is 1. The summed E-state index contributed by atoms with van der Waals surface area (Å²) in [5, 5.41) is 2.84. The maximum Gasteiger partial charge on any atom is 0.233 e. The monoisotopic (exact) mass is 244 g/mol. The summed E-state index contributed by atoms with van der Waals surface area (Å²) in [6.07, 6.45) is 7.54. The minimum Gasteiger partial charge on any atom is -0.323 e. The topological polar surface area (TPSA) is 59.3 Å². The Labute approximate surface area is 106 Å². The van der Waals surface area contributed by atoms with Crippen molar-refractivity contribution in [2.24, 2.45) is 5.92 Å². The Morgan fingerprint density at radius 3 is 3.06 bits per heavy atom. The van der Waals surface area contributed by atoms with Crippen LogP contribution in [0.3, 0.4) is 0 Å². The van der Waals surface area contributed by atoms with Crippen LogP contribution in [0.15, 0.2) is 36.9 Å². The van der Waals surface area contributed by atoms with Gasteiger partial charge in [-0.15, -0.1) is 6.58 Å². The summed E-state index contributed by atoms with van der Waals surface area (Å²) >= 11 is 0. The van der Waals surface area contributed by atoms with Crippen molar-refractivity contribution in [2.45, 2.75) is 20.3 Å². The Kier molecular flexibility index (Phi) is 3.41. The predicted octanol–water partition coefficient (Wildman–Crippen LogP) is 2.27. The van der Waals surface area contributed by atoms with Crippen LogP contribution in [-0.4, -0.2) is 20.3 Å². The molecule has 0 radical (unpaired) electrons. The number of allylic oxidation sites excluding steroid dienone is 1. The highest BCUT2D eigenvalue weighted by Crippen LogP contribution is 2.13. The zero-order valence-corrected chi connectivity index (χ0v) is 10.6. The summed E-state index contributed by atoms with van der Waals surface area (Å²) in [4.78, 5) is 20.1. The molecule has 0 unspecified atom stereocenters. The van der Waals surface area contributed by atoms with E-state index >= 15 is 0 Å². The molecule has 0 fully saturated rings. The summed E-state index contributed by atoms with van der Waals surface area (Å²) in [7, 11) is 0. The van der Waals surface area contributed by atoms with Crippen LogP contribution in [0.4, 0.5) is 5.69 Å². The first-order chi connectivity index (χ1) is 8.56. The van der Waals surface area contributed by atoms with Crippen LogP contribution in [-0.2, 0) is 4.79 Å². The van der Waals surface area contributed by atoms with Crippen molar-refractivity contribution in [2.75, 3.05) is 5.32 Å². The summed E-state index contributed by atoms with van der Waals surface area (Å²) in [5.41, 5.74) is 1.67. The van der Waals surface area contributed by atoms with Gasteiger partial charge < -0.3 is 5.32 Å². The van der Waals surface area contributed by atoms with Gasteiger partial charge in [0.15, 0.2) is 0 Å². The van der Waals surface area contributed by atoms with E-state index in [1.165, 1.54) is 0 Å². The van der Waals surface area contributed by atoms with Gasteiger partial charge in [-0.25, -0.2) is 9.97 Å². The third kappa shape index (κ3) is 2.74. The van der Waals surface area contributed by atoms with Gasteiger partial charge in [0.1, 0.15) is 0 Å². The highest BCUT2D eigenvalue weighted by molar-refractivity contribution is 5.92. The van der Waals surface area contributed by atoms with E-state index in [4.69, 9.17) is 0 Å². The van der Waals surface area contributed by atoms with E-state index in [9.17, 15) is 4.79 Å². The van der Waals surface area contributed by atoms with Gasteiger partial charge in [-0.1, -0.05) is 12.5 Å². The lowest BCUT2D eigenvalue weighted by atomic mass is 10.0. The maximum absolute atomic E-state index is 11.9. The molecule has 1 amide bonds. The van der Waals surface area contributed by atoms with E-state index in [2.05, 4.69) is 21.9 Å². The van der Waals surface area contributed by atoms with Gasteiger partial charge in [-0.05, 0) is 13.3 Å². The number of rotatable bonds is 4. The zero-order chi connectivity index (χ0) is 13.1. The number of nitrogens with one attached hydrogen (secondary N) is 1. The van der Waals surface area contributed by atoms with Crippen LogP contribution in [0.5, 0.6) is 0 Å². The lowest BCUT2D eigenvalue weighted by Crippen LogP contribution is -2.20. The molecule has 2 heterocycles. The second-order valence-electron chi connectivity index (χ2n) is 4.53. The molecule has 0 bridgehead atoms. The molecule has 0 saturated carbocycles. The van der Waals surface area contributed by atoms with E-state index in [1.54, 1.807) is 29.2 Å². The predicted molar refractivity (Wildman–Crippen MR) is 70.2 cm³/mol. The van der Waals surface area contributed by atoms with Crippen molar-refractivity contribution >= 4 is 17.4 Å². The maximum atomic E-state index is 11.9. The molecule has 94 valence electrons. The first-order valence-corrected chi connectivity index (χ1v) is 5.80. The quantitative estimate of drug-likeness (QED) is 0.839. The van der Waals surface area contributed by atoms with E-state index in [0.29, 0.717) is 17.9 Å². The van der Waals surface area contributed by atoms with Crippen molar-refractivity contribution in [1.82, 2.24) is 14.4 Å². The number of carbonyl (C=O) groups is 1. The molecule has 1 N–H and O–H groups in total. The zero-order valence-electron chi connectivity index (χ0n) is 10.6. The van der Waals surface area contributed by atoms with Crippen molar-refractivity contribution in [3.05, 3.63) is 36.9 Å². The fourth-order valence-electron chi connectivity index (χ4n) is 1.76. The van der Waals surface area contributed by atoms with Crippen LogP contribution in [0.1, 0.15) is 20.3 Å². The van der Waals surface area contributed by atoms with Crippen molar-refractivity contribution in [1.29, 1.82) is 0 Å². The first-order valence-electron chi connectivity index (χ1n) is 5.80. The molecule has 2 aromatic rings. The second kappa shape index (κ2) is 5.00. The Morgan fingerprint density at radius 2 is 2.33 bits per heavy atom. The fourth-order valence-corrected chi connectivity index (χ4v) is 1.76. The Balaban J connectivity index is 2.08. The molecule has 0 aromatic carbocycles. The van der Waals surface area contributed by atoms with Crippen LogP contribution in [0.25, 0.3) is 5.78 Å². The molecular weight excluding hydrogens is 228 g/mol. The third-order valence-corrected chi connectivity index (χ3v) is 2.62. The largest absolute Gasteiger partial charge is 0.323 e. The SMILES string of the molecule is C=C(C)C[C@H](C)C(=O)Nc1cnc2nccn2c1. The molecule has 0 spiro atoms. The molecule has 18 heavy (non-hydrogen) atoms. The molecular formula is C13H16N4O. The fraction of sp³-hybridized carbons (Fsp3) is 0.308. The third-order valence-electron chi connectivity index (χ3n) is 2.62. The Bertz CT molecular complexity index is 587. The van der Waals surface area contributed by atoms with Crippen LogP contribution in [0.2, 0.25) is 0 Å². The number of anilines is 1. The summed E-state index contributed by atoms with van der Waals surface area (Å²) < 4.78 is 1.76. The van der Waals surface area contributed by atoms with Gasteiger partial charge in [-0.3, -0.25) is 9.20 Å². The standard InChI is InChI=1S/C13H16N4O/c1-9(2)6-10(3)12(18)16-11-7-15-13-14-4-5-17(13)8-11/h4-5,7-8,10H,1,6H2,2-3H3,(H,16,18)/t10-/m0/s1. The van der Waals surface area contributed by atoms with Gasteiger partial charge in [0, 0.05) is 24.5 Å². The van der Waals surface area contributed by atoms with Crippen LogP contribution in [0, 0.1) is 5.92 Å². The smallest absolute Gasteiger partial charge is 0.233 e. The van der Waals surface area contributed by atoms with Gasteiger partial charge in [-0.2, -0.15) is 0 Å². The first kappa shape index (κ1) is 12.3. The van der Waals surface area contributed by atoms with Gasteiger partial charge in [0.2, 0.25) is 11.7 Å². The lowest BCUT2D eigenvalue weighted by molar-refractivity contribution is -0.119. The van der Waals surface area contributed by atoms with E-state index in [0.717, 1.165) is 5.57 Å². The van der Waals surface area contributed by atoms with Crippen LogP contribution >= 0.6 is 0 Å². The number of hydrogen-bond acceptors (Lipinski definition) is 3. The number of carbonyl (C=O) groups excluding carboxylic acids is 1. The van der Waals surface area contributed by atoms with Crippen molar-refractivity contribution < 1.29 is 4.79 Å². The van der Waals surface area contributed by atoms with Gasteiger partial charge >= 0.3 is 0 Å². The molecule has 2 aromatic heterocycles. The van der Waals surface area contributed by atoms with Crippen LogP contribution < -0.4 is 5.32 Å². The number of fused-ring (bicyclic) bond motifs is 1. The van der Waals surface area contributed by atoms with E-state index in [-0.39, 0.29) is 11.8 Å². The molecule has 5 heteroatoms. The molecule has 5 nitrogen and oxygen atoms in total. The Hall–Kier alpha value is -2.17. The summed E-state index contributed by atoms with van der Waals surface area (Å²) in [6, 6.07) is 0.